The molecule has 232 valence electrons. The Hall–Kier alpha value is -3.54. The molecular weight excluding hydrogens is 582 g/mol. The molecule has 2 saturated heterocycles. The minimum Gasteiger partial charge on any atom is -0.378 e. The van der Waals surface area contributed by atoms with Gasteiger partial charge in [-0.2, -0.15) is 0 Å². The molecule has 2 amide bonds. The number of benzene rings is 2. The van der Waals surface area contributed by atoms with Crippen molar-refractivity contribution in [2.45, 2.75) is 50.5 Å². The van der Waals surface area contributed by atoms with Crippen LogP contribution in [0.15, 0.2) is 65.4 Å². The summed E-state index contributed by atoms with van der Waals surface area (Å²) in [5, 5.41) is 14.7. The van der Waals surface area contributed by atoms with E-state index < -0.39 is 13.0 Å². The quantitative estimate of drug-likeness (QED) is 0.371. The summed E-state index contributed by atoms with van der Waals surface area (Å²) in [4.78, 5) is 31.2. The predicted molar refractivity (Wildman–Crippen MR) is 158 cm³/mol. The molecule has 2 fully saturated rings. The van der Waals surface area contributed by atoms with Gasteiger partial charge in [-0.3, -0.25) is 9.59 Å². The van der Waals surface area contributed by atoms with Crippen LogP contribution in [0.25, 0.3) is 0 Å². The van der Waals surface area contributed by atoms with Crippen LogP contribution >= 0.6 is 11.6 Å². The Bertz CT molecular complexity index is 1300. The molecule has 3 heterocycles. The molecule has 0 bridgehead atoms. The molecule has 0 spiro atoms. The molecule has 12 heteroatoms. The van der Waals surface area contributed by atoms with Crippen LogP contribution in [0, 0.1) is 0 Å². The number of carbonyl (C=O) groups is 2. The molecule has 1 atom stereocenters. The van der Waals surface area contributed by atoms with Crippen LogP contribution in [0.4, 0.5) is 14.5 Å². The van der Waals surface area contributed by atoms with E-state index in [4.69, 9.17) is 20.9 Å². The van der Waals surface area contributed by atoms with Crippen molar-refractivity contribution in [3.8, 4) is 0 Å². The Morgan fingerprint density at radius 3 is 2.26 bits per heavy atom. The van der Waals surface area contributed by atoms with E-state index in [0.717, 1.165) is 44.5 Å². The molecule has 5 rings (SSSR count). The lowest BCUT2D eigenvalue weighted by atomic mass is 10.0. The van der Waals surface area contributed by atoms with E-state index in [9.17, 15) is 23.5 Å². The highest BCUT2D eigenvalue weighted by Crippen LogP contribution is 2.29. The summed E-state index contributed by atoms with van der Waals surface area (Å²) in [5.41, 5.74) is 2.74. The maximum atomic E-state index is 12.9. The second-order valence-corrected chi connectivity index (χ2v) is 11.0. The number of hydrogen-bond acceptors (Lipinski definition) is 7. The number of aliphatic hydroxyl groups excluding tert-OH is 1. The zero-order valence-electron chi connectivity index (χ0n) is 24.1. The summed E-state index contributed by atoms with van der Waals surface area (Å²) in [5.74, 6) is -0.417. The van der Waals surface area contributed by atoms with Crippen molar-refractivity contribution in [1.29, 1.82) is 0 Å². The van der Waals surface area contributed by atoms with E-state index in [1.807, 2.05) is 30.3 Å². The van der Waals surface area contributed by atoms with E-state index in [1.54, 1.807) is 41.1 Å². The zero-order valence-corrected chi connectivity index (χ0v) is 24.8. The number of nitrogens with zero attached hydrogens (tertiary/aromatic N) is 4. The van der Waals surface area contributed by atoms with E-state index >= 15 is 0 Å². The number of carbonyl (C=O) groups excluding carboxylic acids is 2. The lowest BCUT2D eigenvalue weighted by Crippen LogP contribution is -2.45. The first-order valence-corrected chi connectivity index (χ1v) is 14.7. The molecule has 1 N–H and O–H groups in total. The number of anilines is 1. The number of alkyl halides is 2. The fourth-order valence-electron chi connectivity index (χ4n) is 5.40. The van der Waals surface area contributed by atoms with Gasteiger partial charge in [-0.25, -0.2) is 8.78 Å². The molecule has 2 aliphatic heterocycles. The molecule has 0 aliphatic carbocycles. The maximum Gasteiger partial charge on any atom is 0.256 e. The van der Waals surface area contributed by atoms with Gasteiger partial charge in [0.15, 0.2) is 6.10 Å². The van der Waals surface area contributed by atoms with Crippen molar-refractivity contribution in [1.82, 2.24) is 15.0 Å². The Morgan fingerprint density at radius 2 is 1.67 bits per heavy atom. The molecule has 0 radical (unpaired) electrons. The van der Waals surface area contributed by atoms with Crippen LogP contribution in [0.5, 0.6) is 0 Å². The van der Waals surface area contributed by atoms with Crippen molar-refractivity contribution in [2.24, 2.45) is 0 Å². The monoisotopic (exact) mass is 618 g/mol. The Balaban J connectivity index is 0.00000135. The van der Waals surface area contributed by atoms with Gasteiger partial charge in [0.2, 0.25) is 6.93 Å². The minimum atomic E-state index is -1.75. The van der Waals surface area contributed by atoms with E-state index in [2.05, 4.69) is 10.1 Å². The first-order valence-electron chi connectivity index (χ1n) is 14.3. The number of aromatic nitrogens is 1. The summed E-state index contributed by atoms with van der Waals surface area (Å²) in [6.07, 6.45) is 3.96. The van der Waals surface area contributed by atoms with E-state index in [-0.39, 0.29) is 24.0 Å². The molecule has 3 aromatic rings. The third-order valence-electron chi connectivity index (χ3n) is 7.72. The molecular formula is C31H37ClF2N4O5. The van der Waals surface area contributed by atoms with Gasteiger partial charge in [0.05, 0.1) is 29.3 Å². The highest BCUT2D eigenvalue weighted by molar-refractivity contribution is 6.34. The molecule has 43 heavy (non-hydrogen) atoms. The van der Waals surface area contributed by atoms with Crippen LogP contribution in [0.3, 0.4) is 0 Å². The third-order valence-corrected chi connectivity index (χ3v) is 8.03. The van der Waals surface area contributed by atoms with Crippen LogP contribution < -0.4 is 4.90 Å². The summed E-state index contributed by atoms with van der Waals surface area (Å²) in [6, 6.07) is 16.4. The second-order valence-electron chi connectivity index (χ2n) is 10.6. The zero-order chi connectivity index (χ0) is 30.8. The predicted octanol–water partition coefficient (Wildman–Crippen LogP) is 5.19. The molecule has 0 saturated carbocycles. The summed E-state index contributed by atoms with van der Waals surface area (Å²) < 4.78 is 30.5. The number of ether oxygens (including phenoxy) is 1. The fraction of sp³-hybridized carbons (Fsp3) is 0.452. The normalized spacial score (nSPS) is 16.8. The van der Waals surface area contributed by atoms with Gasteiger partial charge in [-0.05, 0) is 49.4 Å². The summed E-state index contributed by atoms with van der Waals surface area (Å²) >= 11 is 6.54. The van der Waals surface area contributed by atoms with Crippen molar-refractivity contribution in [3.63, 3.8) is 0 Å². The molecule has 1 aromatic heterocycles. The number of rotatable bonds is 8. The number of hydrogen-bond donors (Lipinski definition) is 1. The molecule has 9 nitrogen and oxygen atoms in total. The number of aliphatic hydroxyl groups is 1. The minimum absolute atomic E-state index is 0.114. The van der Waals surface area contributed by atoms with E-state index in [0.29, 0.717) is 41.5 Å². The van der Waals surface area contributed by atoms with Crippen LogP contribution in [-0.2, 0) is 16.1 Å². The van der Waals surface area contributed by atoms with Gasteiger partial charge < -0.3 is 29.1 Å². The van der Waals surface area contributed by atoms with Gasteiger partial charge in [-0.1, -0.05) is 47.1 Å². The van der Waals surface area contributed by atoms with Gasteiger partial charge in [0, 0.05) is 45.0 Å². The van der Waals surface area contributed by atoms with Crippen LogP contribution in [-0.4, -0.2) is 84.2 Å². The van der Waals surface area contributed by atoms with Crippen LogP contribution in [0.1, 0.15) is 53.4 Å². The number of piperidine rings is 2. The van der Waals surface area contributed by atoms with E-state index in [1.165, 1.54) is 6.26 Å². The SMILES string of the molecule is CN(Cc1ccon1)C(=O)c1ccc(N2CCC(OC3CCN(C(=O)C(O)c4ccccc4)CC3)CC2)cc1Cl.FCF. The van der Waals surface area contributed by atoms with Gasteiger partial charge in [0.1, 0.15) is 12.0 Å². The Morgan fingerprint density at radius 1 is 1.05 bits per heavy atom. The molecule has 2 aromatic carbocycles. The topological polar surface area (TPSA) is 99.4 Å². The largest absolute Gasteiger partial charge is 0.378 e. The first-order chi connectivity index (χ1) is 20.8. The van der Waals surface area contributed by atoms with Crippen molar-refractivity contribution >= 4 is 29.1 Å². The number of likely N-dealkylation sites (tertiary alicyclic amines) is 1. The maximum absolute atomic E-state index is 12.9. The van der Waals surface area contributed by atoms with Crippen molar-refractivity contribution in [2.75, 3.05) is 45.1 Å². The average Bonchev–Trinajstić information content (AvgIpc) is 3.54. The van der Waals surface area contributed by atoms with Gasteiger partial charge in [-0.15, -0.1) is 0 Å². The molecule has 2 aliphatic rings. The van der Waals surface area contributed by atoms with Gasteiger partial charge >= 0.3 is 0 Å². The van der Waals surface area contributed by atoms with Gasteiger partial charge in [0.25, 0.3) is 11.8 Å². The highest BCUT2D eigenvalue weighted by atomic mass is 35.5. The average molecular weight is 619 g/mol. The summed E-state index contributed by atoms with van der Waals surface area (Å²) in [6.45, 7) is 1.43. The Labute approximate surface area is 254 Å². The third kappa shape index (κ3) is 8.75. The number of amides is 2. The summed E-state index contributed by atoms with van der Waals surface area (Å²) in [7, 11) is 1.71. The standard InChI is InChI=1S/C30H35ClN4O5.CH2F2/c1-33(20-22-13-18-39-32-22)29(37)26-8-7-23(19-27(26)31)34-14-9-24(10-15-34)40-25-11-16-35(17-12-25)30(38)28(36)21-5-3-2-4-6-21;2-1-3/h2-8,13,18-19,24-25,28,36H,9-12,14-17,20H2,1H3;1H2. The molecule has 1 unspecified atom stereocenters. The first kappa shape index (κ1) is 32.4. The Kier molecular flexibility index (Phi) is 11.9. The number of halogens is 3. The fourth-order valence-corrected chi connectivity index (χ4v) is 5.65. The van der Waals surface area contributed by atoms with Crippen molar-refractivity contribution in [3.05, 3.63) is 82.7 Å². The highest BCUT2D eigenvalue weighted by Gasteiger charge is 2.30. The second kappa shape index (κ2) is 15.8. The lowest BCUT2D eigenvalue weighted by Gasteiger charge is -2.38. The van der Waals surface area contributed by atoms with Crippen molar-refractivity contribution < 1.29 is 32.7 Å². The smallest absolute Gasteiger partial charge is 0.256 e. The lowest BCUT2D eigenvalue weighted by molar-refractivity contribution is -0.144. The van der Waals surface area contributed by atoms with Crippen LogP contribution in [0.2, 0.25) is 5.02 Å².